The molecule has 0 spiro atoms. The van der Waals surface area contributed by atoms with E-state index in [-0.39, 0.29) is 0 Å². The van der Waals surface area contributed by atoms with Crippen molar-refractivity contribution >= 4 is 37.5 Å². The molecule has 0 radical (unpaired) electrons. The van der Waals surface area contributed by atoms with Crippen molar-refractivity contribution in [1.29, 1.82) is 0 Å². The smallest absolute Gasteiger partial charge is 0.0970 e. The predicted molar refractivity (Wildman–Crippen MR) is 93.1 cm³/mol. The summed E-state index contributed by atoms with van der Waals surface area (Å²) in [5.74, 6) is 0.695. The van der Waals surface area contributed by atoms with Crippen LogP contribution in [0.1, 0.15) is 50.0 Å². The van der Waals surface area contributed by atoms with Crippen molar-refractivity contribution in [2.45, 2.75) is 57.0 Å². The Morgan fingerprint density at radius 3 is 2.95 bits per heavy atom. The van der Waals surface area contributed by atoms with Crippen LogP contribution in [0.5, 0.6) is 0 Å². The van der Waals surface area contributed by atoms with Gasteiger partial charge in [0.25, 0.3) is 0 Å². The first kappa shape index (κ1) is 14.2. The summed E-state index contributed by atoms with van der Waals surface area (Å²) in [7, 11) is 0. The van der Waals surface area contributed by atoms with Gasteiger partial charge in [0.05, 0.1) is 15.2 Å². The molecule has 1 saturated heterocycles. The molecule has 1 atom stereocenters. The number of likely N-dealkylation sites (tertiary alicyclic amines) is 1. The van der Waals surface area contributed by atoms with Gasteiger partial charge in [-0.25, -0.2) is 4.98 Å². The van der Waals surface area contributed by atoms with Crippen LogP contribution in [-0.2, 0) is 0 Å². The van der Waals surface area contributed by atoms with Gasteiger partial charge in [0.2, 0.25) is 0 Å². The van der Waals surface area contributed by atoms with Crippen LogP contribution in [0.3, 0.4) is 0 Å². The average molecular weight is 365 g/mol. The lowest BCUT2D eigenvalue weighted by atomic mass is 9.78. The van der Waals surface area contributed by atoms with Crippen molar-refractivity contribution < 1.29 is 0 Å². The van der Waals surface area contributed by atoms with E-state index >= 15 is 0 Å². The van der Waals surface area contributed by atoms with E-state index in [0.717, 1.165) is 22.1 Å². The van der Waals surface area contributed by atoms with Gasteiger partial charge in [-0.1, -0.05) is 22.4 Å². The zero-order valence-corrected chi connectivity index (χ0v) is 14.8. The third-order valence-corrected chi connectivity index (χ3v) is 6.83. The molecule has 2 fully saturated rings. The molecule has 1 aromatic heterocycles. The molecule has 1 aromatic carbocycles. The number of piperidine rings is 1. The second kappa shape index (κ2) is 5.64. The lowest BCUT2D eigenvalue weighted by molar-refractivity contribution is 0.0480. The highest BCUT2D eigenvalue weighted by atomic mass is 79.9. The van der Waals surface area contributed by atoms with E-state index in [1.165, 1.54) is 48.4 Å². The first-order valence-electron chi connectivity index (χ1n) is 8.02. The first-order chi connectivity index (χ1) is 10.2. The Morgan fingerprint density at radius 1 is 1.29 bits per heavy atom. The third-order valence-electron chi connectivity index (χ3n) is 5.15. The molecule has 2 heterocycles. The maximum absolute atomic E-state index is 4.85. The Morgan fingerprint density at radius 2 is 2.14 bits per heavy atom. The fourth-order valence-electron chi connectivity index (χ4n) is 3.81. The Kier molecular flexibility index (Phi) is 3.80. The zero-order chi connectivity index (χ0) is 14.4. The Labute approximate surface area is 138 Å². The number of fused-ring (bicyclic) bond motifs is 1. The minimum Gasteiger partial charge on any atom is -0.298 e. The Hall–Kier alpha value is -0.450. The molecule has 1 saturated carbocycles. The second-order valence-electron chi connectivity index (χ2n) is 6.57. The standard InChI is InChI=1S/C17H21BrN2S/c1-11-4-2-3-7-20(11)14-8-12(9-14)17-19-15-6-5-13(18)10-16(15)21-17/h5-6,10-12,14H,2-4,7-9H2,1H3/t11-,12?,14?/m1/s1. The van der Waals surface area contributed by atoms with Crippen LogP contribution < -0.4 is 0 Å². The molecule has 0 N–H and O–H groups in total. The van der Waals surface area contributed by atoms with Crippen LogP contribution >= 0.6 is 27.3 Å². The van der Waals surface area contributed by atoms with Crippen LogP contribution in [0.25, 0.3) is 10.2 Å². The number of benzene rings is 1. The number of aromatic nitrogens is 1. The summed E-state index contributed by atoms with van der Waals surface area (Å²) >= 11 is 5.44. The largest absolute Gasteiger partial charge is 0.298 e. The third kappa shape index (κ3) is 2.66. The molecular formula is C17H21BrN2S. The highest BCUT2D eigenvalue weighted by molar-refractivity contribution is 9.10. The number of thiazole rings is 1. The molecule has 0 bridgehead atoms. The lowest BCUT2D eigenvalue weighted by Crippen LogP contribution is -2.50. The fourth-order valence-corrected chi connectivity index (χ4v) is 5.46. The van der Waals surface area contributed by atoms with Crippen molar-refractivity contribution in [2.24, 2.45) is 0 Å². The molecular weight excluding hydrogens is 344 g/mol. The van der Waals surface area contributed by atoms with Gasteiger partial charge in [-0.3, -0.25) is 4.90 Å². The Balaban J connectivity index is 1.46. The maximum Gasteiger partial charge on any atom is 0.0970 e. The van der Waals surface area contributed by atoms with Gasteiger partial charge in [-0.2, -0.15) is 0 Å². The molecule has 1 aliphatic heterocycles. The number of nitrogens with zero attached hydrogens (tertiary/aromatic N) is 2. The molecule has 0 unspecified atom stereocenters. The van der Waals surface area contributed by atoms with Crippen molar-refractivity contribution in [3.63, 3.8) is 0 Å². The highest BCUT2D eigenvalue weighted by Gasteiger charge is 2.38. The topological polar surface area (TPSA) is 16.1 Å². The summed E-state index contributed by atoms with van der Waals surface area (Å²) in [6.45, 7) is 3.72. The van der Waals surface area contributed by atoms with E-state index in [2.05, 4.69) is 46.0 Å². The molecule has 4 heteroatoms. The fraction of sp³-hybridized carbons (Fsp3) is 0.588. The van der Waals surface area contributed by atoms with Crippen LogP contribution in [0.2, 0.25) is 0 Å². The van der Waals surface area contributed by atoms with Gasteiger partial charge in [0.15, 0.2) is 0 Å². The van der Waals surface area contributed by atoms with Gasteiger partial charge < -0.3 is 0 Å². The van der Waals surface area contributed by atoms with E-state index in [0.29, 0.717) is 5.92 Å². The number of rotatable bonds is 2. The highest BCUT2D eigenvalue weighted by Crippen LogP contribution is 2.44. The van der Waals surface area contributed by atoms with Gasteiger partial charge in [0, 0.05) is 22.5 Å². The predicted octanol–water partition coefficient (Wildman–Crippen LogP) is 5.18. The van der Waals surface area contributed by atoms with E-state index in [4.69, 9.17) is 4.98 Å². The van der Waals surface area contributed by atoms with Crippen molar-refractivity contribution in [3.05, 3.63) is 27.7 Å². The van der Waals surface area contributed by atoms with E-state index in [1.807, 2.05) is 11.3 Å². The molecule has 2 aliphatic rings. The summed E-state index contributed by atoms with van der Waals surface area (Å²) in [6.07, 6.45) is 6.81. The van der Waals surface area contributed by atoms with Gasteiger partial charge in [-0.05, 0) is 57.4 Å². The quantitative estimate of drug-likeness (QED) is 0.729. The van der Waals surface area contributed by atoms with E-state index in [1.54, 1.807) is 0 Å². The maximum atomic E-state index is 4.85. The lowest BCUT2D eigenvalue weighted by Gasteiger charge is -2.47. The minimum atomic E-state index is 0.695. The SMILES string of the molecule is C[C@@H]1CCCCN1C1CC(c2nc3ccc(Br)cc3s2)C1. The van der Waals surface area contributed by atoms with E-state index < -0.39 is 0 Å². The van der Waals surface area contributed by atoms with Crippen LogP contribution in [0.4, 0.5) is 0 Å². The van der Waals surface area contributed by atoms with Crippen molar-refractivity contribution in [1.82, 2.24) is 9.88 Å². The molecule has 1 aliphatic carbocycles. The zero-order valence-electron chi connectivity index (χ0n) is 12.4. The van der Waals surface area contributed by atoms with E-state index in [9.17, 15) is 0 Å². The van der Waals surface area contributed by atoms with Gasteiger partial charge in [-0.15, -0.1) is 11.3 Å². The molecule has 4 rings (SSSR count). The number of halogens is 1. The van der Waals surface area contributed by atoms with Crippen LogP contribution in [0, 0.1) is 0 Å². The molecule has 21 heavy (non-hydrogen) atoms. The first-order valence-corrected chi connectivity index (χ1v) is 9.63. The summed E-state index contributed by atoms with van der Waals surface area (Å²) in [5.41, 5.74) is 1.16. The van der Waals surface area contributed by atoms with Crippen LogP contribution in [0.15, 0.2) is 22.7 Å². The van der Waals surface area contributed by atoms with Gasteiger partial charge in [0.1, 0.15) is 0 Å². The normalized spacial score (nSPS) is 30.5. The molecule has 0 amide bonds. The number of hydrogen-bond acceptors (Lipinski definition) is 3. The van der Waals surface area contributed by atoms with Gasteiger partial charge >= 0.3 is 0 Å². The summed E-state index contributed by atoms with van der Waals surface area (Å²) in [4.78, 5) is 7.61. The average Bonchev–Trinajstić information content (AvgIpc) is 2.81. The van der Waals surface area contributed by atoms with Crippen LogP contribution in [-0.4, -0.2) is 28.5 Å². The van der Waals surface area contributed by atoms with Crippen molar-refractivity contribution in [2.75, 3.05) is 6.54 Å². The minimum absolute atomic E-state index is 0.695. The monoisotopic (exact) mass is 364 g/mol. The second-order valence-corrected chi connectivity index (χ2v) is 8.55. The summed E-state index contributed by atoms with van der Waals surface area (Å²) < 4.78 is 2.47. The molecule has 2 nitrogen and oxygen atoms in total. The molecule has 2 aromatic rings. The number of hydrogen-bond donors (Lipinski definition) is 0. The summed E-state index contributed by atoms with van der Waals surface area (Å²) in [5, 5.41) is 1.35. The summed E-state index contributed by atoms with van der Waals surface area (Å²) in [6, 6.07) is 8.01. The van der Waals surface area contributed by atoms with Crippen molar-refractivity contribution in [3.8, 4) is 0 Å². The Bertz CT molecular complexity index is 647. The molecule has 112 valence electrons.